The summed E-state index contributed by atoms with van der Waals surface area (Å²) in [6.07, 6.45) is 2.04. The van der Waals surface area contributed by atoms with E-state index in [0.29, 0.717) is 6.42 Å². The smallest absolute Gasteiger partial charge is 0.320 e. The number of hydrogen-bond donors (Lipinski definition) is 1. The van der Waals surface area contributed by atoms with Crippen LogP contribution in [0.1, 0.15) is 18.9 Å². The lowest BCUT2D eigenvalue weighted by Gasteiger charge is -2.12. The third-order valence-corrected chi connectivity index (χ3v) is 3.73. The fourth-order valence-corrected chi connectivity index (χ4v) is 2.55. The van der Waals surface area contributed by atoms with Crippen LogP contribution in [0, 0.1) is 11.7 Å². The van der Waals surface area contributed by atoms with Crippen molar-refractivity contribution in [2.45, 2.75) is 19.8 Å². The zero-order valence-electron chi connectivity index (χ0n) is 13.9. The fraction of sp³-hybridized carbons (Fsp3) is 0.353. The molecule has 1 unspecified atom stereocenters. The lowest BCUT2D eigenvalue weighted by molar-refractivity contribution is -0.117. The number of nitrogens with one attached hydrogen (secondary N) is 1. The van der Waals surface area contributed by atoms with Crippen LogP contribution in [0.4, 0.5) is 10.1 Å². The number of aryl methyl sites for hydroxylation is 1. The Morgan fingerprint density at radius 1 is 1.29 bits per heavy atom. The van der Waals surface area contributed by atoms with Gasteiger partial charge < -0.3 is 9.88 Å². The standard InChI is InChI=1S/C17H20FN3O3/c1-11(7-12-5-4-6-13(18)9-12)8-15(22)19-14-10-20(2)17(24)21(3)16(14)23/h4-6,9-11H,7-8H2,1-3H3,(H,19,22). The number of carbonyl (C=O) groups is 1. The molecule has 0 fully saturated rings. The van der Waals surface area contributed by atoms with Gasteiger partial charge in [0, 0.05) is 26.7 Å². The number of rotatable bonds is 5. The summed E-state index contributed by atoms with van der Waals surface area (Å²) in [6.45, 7) is 1.88. The second kappa shape index (κ2) is 7.25. The van der Waals surface area contributed by atoms with Crippen LogP contribution in [0.15, 0.2) is 40.1 Å². The van der Waals surface area contributed by atoms with E-state index in [0.717, 1.165) is 10.1 Å². The van der Waals surface area contributed by atoms with Crippen molar-refractivity contribution in [3.63, 3.8) is 0 Å². The molecule has 0 bridgehead atoms. The summed E-state index contributed by atoms with van der Waals surface area (Å²) < 4.78 is 15.3. The SMILES string of the molecule is CC(CC(=O)Nc1cn(C)c(=O)n(C)c1=O)Cc1cccc(F)c1. The predicted molar refractivity (Wildman–Crippen MR) is 89.4 cm³/mol. The van der Waals surface area contributed by atoms with E-state index >= 15 is 0 Å². The van der Waals surface area contributed by atoms with E-state index in [1.54, 1.807) is 12.1 Å². The molecule has 0 aliphatic carbocycles. The Bertz CT molecular complexity index is 870. The quantitative estimate of drug-likeness (QED) is 0.900. The first-order valence-corrected chi connectivity index (χ1v) is 7.59. The minimum Gasteiger partial charge on any atom is -0.320 e. The molecule has 1 aromatic heterocycles. The van der Waals surface area contributed by atoms with E-state index in [2.05, 4.69) is 5.32 Å². The van der Waals surface area contributed by atoms with E-state index in [-0.39, 0.29) is 29.8 Å². The molecule has 0 aliphatic heterocycles. The maximum Gasteiger partial charge on any atom is 0.330 e. The van der Waals surface area contributed by atoms with Crippen molar-refractivity contribution >= 4 is 11.6 Å². The average molecular weight is 333 g/mol. The highest BCUT2D eigenvalue weighted by atomic mass is 19.1. The molecule has 128 valence electrons. The topological polar surface area (TPSA) is 73.1 Å². The molecule has 0 saturated heterocycles. The van der Waals surface area contributed by atoms with Crippen LogP contribution in [0.3, 0.4) is 0 Å². The molecule has 1 N–H and O–H groups in total. The molecule has 6 nitrogen and oxygen atoms in total. The number of halogens is 1. The lowest BCUT2D eigenvalue weighted by atomic mass is 9.98. The second-order valence-electron chi connectivity index (χ2n) is 5.99. The molecular weight excluding hydrogens is 313 g/mol. The molecule has 7 heteroatoms. The molecule has 24 heavy (non-hydrogen) atoms. The molecular formula is C17H20FN3O3. The van der Waals surface area contributed by atoms with E-state index in [9.17, 15) is 18.8 Å². The van der Waals surface area contributed by atoms with E-state index in [1.807, 2.05) is 6.92 Å². The van der Waals surface area contributed by atoms with Gasteiger partial charge >= 0.3 is 5.69 Å². The van der Waals surface area contributed by atoms with Crippen molar-refractivity contribution in [1.29, 1.82) is 0 Å². The zero-order valence-corrected chi connectivity index (χ0v) is 13.9. The third-order valence-electron chi connectivity index (χ3n) is 3.73. The van der Waals surface area contributed by atoms with Gasteiger partial charge in [0.05, 0.1) is 0 Å². The average Bonchev–Trinajstić information content (AvgIpc) is 2.50. The number of aromatic nitrogens is 2. The normalized spacial score (nSPS) is 12.0. The summed E-state index contributed by atoms with van der Waals surface area (Å²) in [5.74, 6) is -0.657. The lowest BCUT2D eigenvalue weighted by Crippen LogP contribution is -2.38. The number of carbonyl (C=O) groups excluding carboxylic acids is 1. The minimum absolute atomic E-state index is 0.0248. The molecule has 1 amide bonds. The molecule has 0 spiro atoms. The number of anilines is 1. The highest BCUT2D eigenvalue weighted by molar-refractivity contribution is 5.90. The highest BCUT2D eigenvalue weighted by Gasteiger charge is 2.14. The molecule has 0 aliphatic rings. The van der Waals surface area contributed by atoms with Crippen molar-refractivity contribution in [2.24, 2.45) is 20.0 Å². The molecule has 0 radical (unpaired) electrons. The molecule has 2 aromatic rings. The van der Waals surface area contributed by atoms with Gasteiger partial charge in [-0.05, 0) is 30.0 Å². The molecule has 0 saturated carbocycles. The van der Waals surface area contributed by atoms with Crippen LogP contribution in [0.2, 0.25) is 0 Å². The summed E-state index contributed by atoms with van der Waals surface area (Å²) in [6, 6.07) is 6.25. The zero-order chi connectivity index (χ0) is 17.9. The first-order chi connectivity index (χ1) is 11.3. The summed E-state index contributed by atoms with van der Waals surface area (Å²) in [4.78, 5) is 35.7. The molecule has 1 aromatic carbocycles. The fourth-order valence-electron chi connectivity index (χ4n) is 2.55. The van der Waals surface area contributed by atoms with Crippen LogP contribution < -0.4 is 16.6 Å². The van der Waals surface area contributed by atoms with Crippen molar-refractivity contribution in [1.82, 2.24) is 9.13 Å². The van der Waals surface area contributed by atoms with Crippen LogP contribution >= 0.6 is 0 Å². The Morgan fingerprint density at radius 2 is 2.00 bits per heavy atom. The Hall–Kier alpha value is -2.70. The molecule has 1 atom stereocenters. The number of hydrogen-bond acceptors (Lipinski definition) is 3. The first-order valence-electron chi connectivity index (χ1n) is 7.59. The predicted octanol–water partition coefficient (Wildman–Crippen LogP) is 1.43. The highest BCUT2D eigenvalue weighted by Crippen LogP contribution is 2.13. The monoisotopic (exact) mass is 333 g/mol. The Kier molecular flexibility index (Phi) is 5.33. The van der Waals surface area contributed by atoms with Gasteiger partial charge in [0.1, 0.15) is 11.5 Å². The Balaban J connectivity index is 2.03. The summed E-state index contributed by atoms with van der Waals surface area (Å²) >= 11 is 0. The molecule has 1 heterocycles. The van der Waals surface area contributed by atoms with Crippen LogP contribution in [0.25, 0.3) is 0 Å². The van der Waals surface area contributed by atoms with Gasteiger partial charge in [-0.2, -0.15) is 0 Å². The van der Waals surface area contributed by atoms with Crippen molar-refractivity contribution < 1.29 is 9.18 Å². The Labute approximate surface area is 138 Å². The van der Waals surface area contributed by atoms with Gasteiger partial charge in [0.15, 0.2) is 0 Å². The van der Waals surface area contributed by atoms with Gasteiger partial charge in [-0.25, -0.2) is 9.18 Å². The van der Waals surface area contributed by atoms with Crippen molar-refractivity contribution in [3.05, 3.63) is 62.7 Å². The maximum absolute atomic E-state index is 13.2. The van der Waals surface area contributed by atoms with Crippen LogP contribution in [0.5, 0.6) is 0 Å². The van der Waals surface area contributed by atoms with Crippen LogP contribution in [-0.4, -0.2) is 15.0 Å². The van der Waals surface area contributed by atoms with Gasteiger partial charge in [-0.3, -0.25) is 14.2 Å². The summed E-state index contributed by atoms with van der Waals surface area (Å²) in [5, 5.41) is 2.54. The van der Waals surface area contributed by atoms with Gasteiger partial charge in [-0.15, -0.1) is 0 Å². The minimum atomic E-state index is -0.552. The maximum atomic E-state index is 13.2. The number of nitrogens with zero attached hydrogens (tertiary/aromatic N) is 2. The summed E-state index contributed by atoms with van der Waals surface area (Å²) in [7, 11) is 2.86. The van der Waals surface area contributed by atoms with E-state index < -0.39 is 11.2 Å². The number of amides is 1. The number of benzene rings is 1. The first kappa shape index (κ1) is 17.7. The van der Waals surface area contributed by atoms with Gasteiger partial charge in [0.25, 0.3) is 5.56 Å². The summed E-state index contributed by atoms with van der Waals surface area (Å²) in [5.41, 5.74) is -0.141. The van der Waals surface area contributed by atoms with Crippen molar-refractivity contribution in [3.8, 4) is 0 Å². The molecule has 2 rings (SSSR count). The largest absolute Gasteiger partial charge is 0.330 e. The van der Waals surface area contributed by atoms with Gasteiger partial charge in [0.2, 0.25) is 5.91 Å². The van der Waals surface area contributed by atoms with Crippen LogP contribution in [-0.2, 0) is 25.3 Å². The van der Waals surface area contributed by atoms with Gasteiger partial charge in [-0.1, -0.05) is 19.1 Å². The van der Waals surface area contributed by atoms with E-state index in [1.165, 1.54) is 37.0 Å². The third kappa shape index (κ3) is 4.18. The second-order valence-corrected chi connectivity index (χ2v) is 5.99. The Morgan fingerprint density at radius 3 is 2.67 bits per heavy atom. The van der Waals surface area contributed by atoms with Crippen molar-refractivity contribution in [2.75, 3.05) is 5.32 Å². The van der Waals surface area contributed by atoms with E-state index in [4.69, 9.17) is 0 Å².